The maximum Gasteiger partial charge on any atom is 0.250 e. The SMILES string of the molecule is NC(=O)c1ccc(Br)cc1NCc1ccccc1N. The first-order valence-electron chi connectivity index (χ1n) is 5.74. The molecule has 0 aliphatic heterocycles. The van der Waals surface area contributed by atoms with Crippen LogP contribution in [-0.2, 0) is 6.54 Å². The van der Waals surface area contributed by atoms with Crippen LogP contribution in [0.4, 0.5) is 11.4 Å². The van der Waals surface area contributed by atoms with E-state index in [1.54, 1.807) is 12.1 Å². The number of halogens is 1. The molecule has 0 aliphatic carbocycles. The molecule has 5 heteroatoms. The van der Waals surface area contributed by atoms with Crippen LogP contribution in [0.2, 0.25) is 0 Å². The van der Waals surface area contributed by atoms with Gasteiger partial charge in [0.15, 0.2) is 0 Å². The Morgan fingerprint density at radius 2 is 1.95 bits per heavy atom. The van der Waals surface area contributed by atoms with Gasteiger partial charge in [-0.1, -0.05) is 34.1 Å². The maximum atomic E-state index is 11.4. The average molecular weight is 320 g/mol. The molecule has 2 aromatic carbocycles. The van der Waals surface area contributed by atoms with Crippen molar-refractivity contribution in [2.45, 2.75) is 6.54 Å². The van der Waals surface area contributed by atoms with E-state index in [1.807, 2.05) is 30.3 Å². The lowest BCUT2D eigenvalue weighted by molar-refractivity contribution is 0.100. The average Bonchev–Trinajstić information content (AvgIpc) is 2.37. The maximum absolute atomic E-state index is 11.4. The summed E-state index contributed by atoms with van der Waals surface area (Å²) in [5, 5.41) is 3.18. The molecule has 19 heavy (non-hydrogen) atoms. The number of nitrogens with two attached hydrogens (primary N) is 2. The van der Waals surface area contributed by atoms with Crippen LogP contribution in [0.5, 0.6) is 0 Å². The Labute approximate surface area is 119 Å². The molecular formula is C14H14BrN3O. The van der Waals surface area contributed by atoms with Gasteiger partial charge in [0.2, 0.25) is 0 Å². The van der Waals surface area contributed by atoms with Crippen molar-refractivity contribution < 1.29 is 4.79 Å². The Morgan fingerprint density at radius 1 is 1.21 bits per heavy atom. The molecule has 0 saturated carbocycles. The number of anilines is 2. The van der Waals surface area contributed by atoms with E-state index in [2.05, 4.69) is 21.2 Å². The Hall–Kier alpha value is -2.01. The molecule has 2 rings (SSSR count). The van der Waals surface area contributed by atoms with Crippen LogP contribution in [0, 0.1) is 0 Å². The molecule has 0 saturated heterocycles. The quantitative estimate of drug-likeness (QED) is 0.758. The summed E-state index contributed by atoms with van der Waals surface area (Å²) < 4.78 is 0.876. The van der Waals surface area contributed by atoms with Crippen molar-refractivity contribution in [3.8, 4) is 0 Å². The molecule has 98 valence electrons. The molecule has 0 atom stereocenters. The third kappa shape index (κ3) is 3.26. The van der Waals surface area contributed by atoms with Gasteiger partial charge in [0, 0.05) is 22.4 Å². The summed E-state index contributed by atoms with van der Waals surface area (Å²) in [7, 11) is 0. The van der Waals surface area contributed by atoms with Gasteiger partial charge in [-0.3, -0.25) is 4.79 Å². The predicted molar refractivity (Wildman–Crippen MR) is 80.8 cm³/mol. The van der Waals surface area contributed by atoms with Gasteiger partial charge in [-0.25, -0.2) is 0 Å². The highest BCUT2D eigenvalue weighted by molar-refractivity contribution is 9.10. The lowest BCUT2D eigenvalue weighted by atomic mass is 10.1. The summed E-state index contributed by atoms with van der Waals surface area (Å²) in [6.07, 6.45) is 0. The van der Waals surface area contributed by atoms with Crippen molar-refractivity contribution >= 4 is 33.2 Å². The molecule has 0 spiro atoms. The number of hydrogen-bond donors (Lipinski definition) is 3. The van der Waals surface area contributed by atoms with E-state index in [-0.39, 0.29) is 0 Å². The van der Waals surface area contributed by atoms with Crippen LogP contribution in [0.1, 0.15) is 15.9 Å². The van der Waals surface area contributed by atoms with Crippen LogP contribution in [0.3, 0.4) is 0 Å². The highest BCUT2D eigenvalue weighted by Gasteiger charge is 2.08. The van der Waals surface area contributed by atoms with Gasteiger partial charge in [0.05, 0.1) is 5.56 Å². The summed E-state index contributed by atoms with van der Waals surface area (Å²) in [6, 6.07) is 12.9. The minimum Gasteiger partial charge on any atom is -0.398 e. The van der Waals surface area contributed by atoms with Gasteiger partial charge >= 0.3 is 0 Å². The highest BCUT2D eigenvalue weighted by atomic mass is 79.9. The number of para-hydroxylation sites is 1. The first-order valence-corrected chi connectivity index (χ1v) is 6.54. The molecule has 0 aromatic heterocycles. The number of nitrogen functional groups attached to an aromatic ring is 1. The third-order valence-corrected chi connectivity index (χ3v) is 3.26. The largest absolute Gasteiger partial charge is 0.398 e. The van der Waals surface area contributed by atoms with Crippen LogP contribution < -0.4 is 16.8 Å². The second-order valence-corrected chi connectivity index (χ2v) is 5.02. The molecular weight excluding hydrogens is 306 g/mol. The molecule has 1 amide bonds. The van der Waals surface area contributed by atoms with Gasteiger partial charge < -0.3 is 16.8 Å². The van der Waals surface area contributed by atoms with Crippen molar-refractivity contribution in [1.82, 2.24) is 0 Å². The van der Waals surface area contributed by atoms with Crippen molar-refractivity contribution in [2.24, 2.45) is 5.73 Å². The number of carbonyl (C=O) groups excluding carboxylic acids is 1. The molecule has 5 N–H and O–H groups in total. The van der Waals surface area contributed by atoms with Crippen molar-refractivity contribution in [2.75, 3.05) is 11.1 Å². The normalized spacial score (nSPS) is 10.2. The van der Waals surface area contributed by atoms with E-state index < -0.39 is 5.91 Å². The van der Waals surface area contributed by atoms with Gasteiger partial charge in [0.1, 0.15) is 0 Å². The van der Waals surface area contributed by atoms with Gasteiger partial charge in [0.25, 0.3) is 5.91 Å². The summed E-state index contributed by atoms with van der Waals surface area (Å²) in [6.45, 7) is 0.531. The van der Waals surface area contributed by atoms with Crippen molar-refractivity contribution in [1.29, 1.82) is 0 Å². The molecule has 0 heterocycles. The monoisotopic (exact) mass is 319 g/mol. The third-order valence-electron chi connectivity index (χ3n) is 2.77. The fourth-order valence-corrected chi connectivity index (χ4v) is 2.12. The lowest BCUT2D eigenvalue weighted by Gasteiger charge is -2.12. The summed E-state index contributed by atoms with van der Waals surface area (Å²) in [4.78, 5) is 11.4. The van der Waals surface area contributed by atoms with Gasteiger partial charge in [-0.2, -0.15) is 0 Å². The molecule has 0 bridgehead atoms. The summed E-state index contributed by atoms with van der Waals surface area (Å²) >= 11 is 3.37. The smallest absolute Gasteiger partial charge is 0.250 e. The van der Waals surface area contributed by atoms with Crippen LogP contribution in [-0.4, -0.2) is 5.91 Å². The molecule has 2 aromatic rings. The number of primary amides is 1. The molecule has 0 unspecified atom stereocenters. The zero-order valence-corrected chi connectivity index (χ0v) is 11.8. The Bertz CT molecular complexity index is 613. The second-order valence-electron chi connectivity index (χ2n) is 4.11. The van der Waals surface area contributed by atoms with E-state index in [0.717, 1.165) is 10.0 Å². The number of rotatable bonds is 4. The van der Waals surface area contributed by atoms with E-state index in [9.17, 15) is 4.79 Å². The van der Waals surface area contributed by atoms with E-state index in [0.29, 0.717) is 23.5 Å². The number of benzene rings is 2. The minimum atomic E-state index is -0.462. The summed E-state index contributed by atoms with van der Waals surface area (Å²) in [5.74, 6) is -0.462. The van der Waals surface area contributed by atoms with Crippen LogP contribution >= 0.6 is 15.9 Å². The number of hydrogen-bond acceptors (Lipinski definition) is 3. The van der Waals surface area contributed by atoms with Gasteiger partial charge in [-0.05, 0) is 29.8 Å². The molecule has 0 fully saturated rings. The predicted octanol–water partition coefficient (Wildman–Crippen LogP) is 2.74. The second kappa shape index (κ2) is 5.75. The zero-order valence-electron chi connectivity index (χ0n) is 10.2. The van der Waals surface area contributed by atoms with Crippen molar-refractivity contribution in [3.05, 3.63) is 58.1 Å². The van der Waals surface area contributed by atoms with Gasteiger partial charge in [-0.15, -0.1) is 0 Å². The fraction of sp³-hybridized carbons (Fsp3) is 0.0714. The van der Waals surface area contributed by atoms with Crippen LogP contribution in [0.25, 0.3) is 0 Å². The standard InChI is InChI=1S/C14H14BrN3O/c15-10-5-6-11(14(17)19)13(7-10)18-8-9-3-1-2-4-12(9)16/h1-7,18H,8,16H2,(H2,17,19). The first-order chi connectivity index (χ1) is 9.08. The number of amides is 1. The van der Waals surface area contributed by atoms with E-state index in [1.165, 1.54) is 0 Å². The number of nitrogens with one attached hydrogen (secondary N) is 1. The fourth-order valence-electron chi connectivity index (χ4n) is 1.76. The lowest BCUT2D eigenvalue weighted by Crippen LogP contribution is -2.14. The number of carbonyl (C=O) groups is 1. The first kappa shape index (κ1) is 13.4. The Balaban J connectivity index is 2.22. The zero-order chi connectivity index (χ0) is 13.8. The molecule has 0 radical (unpaired) electrons. The Kier molecular flexibility index (Phi) is 4.06. The molecule has 0 aliphatic rings. The topological polar surface area (TPSA) is 81.1 Å². The van der Waals surface area contributed by atoms with Crippen molar-refractivity contribution in [3.63, 3.8) is 0 Å². The molecule has 4 nitrogen and oxygen atoms in total. The Morgan fingerprint density at radius 3 is 2.63 bits per heavy atom. The van der Waals surface area contributed by atoms with Crippen LogP contribution in [0.15, 0.2) is 46.9 Å². The summed E-state index contributed by atoms with van der Waals surface area (Å²) in [5.41, 5.74) is 14.0. The van der Waals surface area contributed by atoms with E-state index >= 15 is 0 Å². The minimum absolute atomic E-state index is 0.456. The highest BCUT2D eigenvalue weighted by Crippen LogP contribution is 2.22. The van der Waals surface area contributed by atoms with E-state index in [4.69, 9.17) is 11.5 Å².